The molecule has 0 spiro atoms. The van der Waals surface area contributed by atoms with Gasteiger partial charge in [0.2, 0.25) is 0 Å². The summed E-state index contributed by atoms with van der Waals surface area (Å²) in [6.07, 6.45) is 5.06. The van der Waals surface area contributed by atoms with Crippen LogP contribution in [0.3, 0.4) is 0 Å². The van der Waals surface area contributed by atoms with Crippen molar-refractivity contribution in [2.45, 2.75) is 6.54 Å². The van der Waals surface area contributed by atoms with E-state index < -0.39 is 11.8 Å². The number of ether oxygens (including phenoxy) is 1. The first-order valence-electron chi connectivity index (χ1n) is 5.27. The lowest BCUT2D eigenvalue weighted by molar-refractivity contribution is 0.0695. The van der Waals surface area contributed by atoms with Crippen LogP contribution in [0.5, 0.6) is 5.75 Å². The second kappa shape index (κ2) is 5.31. The smallest absolute Gasteiger partial charge is 0.335 e. The highest BCUT2D eigenvalue weighted by molar-refractivity contribution is 5.88. The van der Waals surface area contributed by atoms with Crippen LogP contribution in [0.15, 0.2) is 36.9 Å². The lowest BCUT2D eigenvalue weighted by atomic mass is 10.2. The van der Waals surface area contributed by atoms with Gasteiger partial charge < -0.3 is 14.4 Å². The molecule has 0 bridgehead atoms. The lowest BCUT2D eigenvalue weighted by Gasteiger charge is -2.07. The molecule has 5 nitrogen and oxygen atoms in total. The highest BCUT2D eigenvalue weighted by Crippen LogP contribution is 2.16. The summed E-state index contributed by atoms with van der Waals surface area (Å²) in [6, 6.07) is 3.39. The van der Waals surface area contributed by atoms with Crippen LogP contribution in [0.25, 0.3) is 0 Å². The van der Waals surface area contributed by atoms with Crippen molar-refractivity contribution in [2.75, 3.05) is 6.61 Å². The zero-order valence-corrected chi connectivity index (χ0v) is 9.41. The summed E-state index contributed by atoms with van der Waals surface area (Å²) < 4.78 is 20.2. The number of rotatable bonds is 5. The summed E-state index contributed by atoms with van der Waals surface area (Å²) in [5.41, 5.74) is -0.132. The third-order valence-corrected chi connectivity index (χ3v) is 2.30. The van der Waals surface area contributed by atoms with Crippen LogP contribution in [0.2, 0.25) is 0 Å². The molecular weight excluding hydrogens is 239 g/mol. The Morgan fingerprint density at radius 1 is 1.44 bits per heavy atom. The molecule has 0 unspecified atom stereocenters. The summed E-state index contributed by atoms with van der Waals surface area (Å²) in [5.74, 6) is -1.62. The van der Waals surface area contributed by atoms with E-state index in [9.17, 15) is 9.18 Å². The number of carboxylic acids is 1. The minimum atomic E-state index is -1.19. The van der Waals surface area contributed by atoms with Gasteiger partial charge in [0, 0.05) is 18.5 Å². The first kappa shape index (κ1) is 12.1. The van der Waals surface area contributed by atoms with Crippen LogP contribution in [0.1, 0.15) is 10.4 Å². The van der Waals surface area contributed by atoms with Crippen molar-refractivity contribution in [3.8, 4) is 5.75 Å². The van der Waals surface area contributed by atoms with Crippen LogP contribution in [-0.2, 0) is 6.54 Å². The third-order valence-electron chi connectivity index (χ3n) is 2.30. The van der Waals surface area contributed by atoms with E-state index in [1.807, 2.05) is 0 Å². The summed E-state index contributed by atoms with van der Waals surface area (Å²) in [5, 5.41) is 8.77. The third kappa shape index (κ3) is 3.07. The normalized spacial score (nSPS) is 10.3. The molecule has 2 rings (SSSR count). The van der Waals surface area contributed by atoms with Gasteiger partial charge in [-0.25, -0.2) is 14.2 Å². The minimum Gasteiger partial charge on any atom is -0.492 e. The fourth-order valence-electron chi connectivity index (χ4n) is 1.46. The number of benzene rings is 1. The molecule has 1 aromatic carbocycles. The van der Waals surface area contributed by atoms with Crippen LogP contribution in [-0.4, -0.2) is 27.2 Å². The second-order valence-corrected chi connectivity index (χ2v) is 3.63. The molecule has 1 aromatic heterocycles. The fourth-order valence-corrected chi connectivity index (χ4v) is 1.46. The highest BCUT2D eigenvalue weighted by atomic mass is 19.1. The Kier molecular flexibility index (Phi) is 3.57. The van der Waals surface area contributed by atoms with Crippen LogP contribution in [0, 0.1) is 5.82 Å². The molecule has 0 aliphatic heterocycles. The lowest BCUT2D eigenvalue weighted by Crippen LogP contribution is -2.07. The number of imidazole rings is 1. The van der Waals surface area contributed by atoms with Gasteiger partial charge in [-0.05, 0) is 12.1 Å². The molecule has 6 heteroatoms. The Labute approximate surface area is 102 Å². The van der Waals surface area contributed by atoms with E-state index in [4.69, 9.17) is 9.84 Å². The standard InChI is InChI=1S/C12H11FN2O3/c13-10-5-9(12(16)17)6-11(7-10)18-4-3-15-2-1-14-8-15/h1-2,5-8H,3-4H2,(H,16,17). The van der Waals surface area contributed by atoms with E-state index in [-0.39, 0.29) is 11.3 Å². The van der Waals surface area contributed by atoms with Crippen molar-refractivity contribution < 1.29 is 19.0 Å². The van der Waals surface area contributed by atoms with E-state index in [1.165, 1.54) is 6.07 Å². The van der Waals surface area contributed by atoms with Crippen molar-refractivity contribution in [1.29, 1.82) is 0 Å². The number of halogens is 1. The average Bonchev–Trinajstić information content (AvgIpc) is 2.81. The van der Waals surface area contributed by atoms with Gasteiger partial charge in [-0.1, -0.05) is 0 Å². The fraction of sp³-hybridized carbons (Fsp3) is 0.167. The average molecular weight is 250 g/mol. The van der Waals surface area contributed by atoms with E-state index >= 15 is 0 Å². The van der Waals surface area contributed by atoms with Crippen molar-refractivity contribution in [2.24, 2.45) is 0 Å². The van der Waals surface area contributed by atoms with E-state index in [0.29, 0.717) is 13.2 Å². The SMILES string of the molecule is O=C(O)c1cc(F)cc(OCCn2ccnc2)c1. The van der Waals surface area contributed by atoms with Gasteiger partial charge in [0.25, 0.3) is 0 Å². The van der Waals surface area contributed by atoms with E-state index in [0.717, 1.165) is 12.1 Å². The molecule has 2 aromatic rings. The number of aromatic carboxylic acids is 1. The molecule has 94 valence electrons. The molecule has 0 atom stereocenters. The largest absolute Gasteiger partial charge is 0.492 e. The maximum Gasteiger partial charge on any atom is 0.335 e. The molecular formula is C12H11FN2O3. The molecule has 0 aliphatic carbocycles. The predicted molar refractivity (Wildman–Crippen MR) is 61.1 cm³/mol. The molecule has 18 heavy (non-hydrogen) atoms. The highest BCUT2D eigenvalue weighted by Gasteiger charge is 2.07. The van der Waals surface area contributed by atoms with Crippen LogP contribution in [0.4, 0.5) is 4.39 Å². The van der Waals surface area contributed by atoms with Crippen molar-refractivity contribution in [1.82, 2.24) is 9.55 Å². The number of nitrogens with zero attached hydrogens (tertiary/aromatic N) is 2. The van der Waals surface area contributed by atoms with E-state index in [1.54, 1.807) is 23.3 Å². The first-order valence-corrected chi connectivity index (χ1v) is 5.27. The number of hydrogen-bond donors (Lipinski definition) is 1. The summed E-state index contributed by atoms with van der Waals surface area (Å²) >= 11 is 0. The van der Waals surface area contributed by atoms with Gasteiger partial charge in [-0.15, -0.1) is 0 Å². The van der Waals surface area contributed by atoms with E-state index in [2.05, 4.69) is 4.98 Å². The van der Waals surface area contributed by atoms with Crippen molar-refractivity contribution in [3.05, 3.63) is 48.3 Å². The van der Waals surface area contributed by atoms with Gasteiger partial charge >= 0.3 is 5.97 Å². The monoisotopic (exact) mass is 250 g/mol. The Morgan fingerprint density at radius 3 is 2.94 bits per heavy atom. The number of carbonyl (C=O) groups is 1. The van der Waals surface area contributed by atoms with Crippen LogP contribution < -0.4 is 4.74 Å². The first-order chi connectivity index (χ1) is 8.65. The predicted octanol–water partition coefficient (Wildman–Crippen LogP) is 1.80. The maximum absolute atomic E-state index is 13.1. The Morgan fingerprint density at radius 2 is 2.28 bits per heavy atom. The summed E-state index contributed by atoms with van der Waals surface area (Å²) in [7, 11) is 0. The van der Waals surface area contributed by atoms with Gasteiger partial charge in [0.15, 0.2) is 0 Å². The number of carboxylic acid groups (broad SMARTS) is 1. The zero-order chi connectivity index (χ0) is 13.0. The number of hydrogen-bond acceptors (Lipinski definition) is 3. The zero-order valence-electron chi connectivity index (χ0n) is 9.41. The van der Waals surface area contributed by atoms with Crippen LogP contribution >= 0.6 is 0 Å². The minimum absolute atomic E-state index is 0.132. The molecule has 0 fully saturated rings. The molecule has 1 N–H and O–H groups in total. The Bertz CT molecular complexity index is 540. The maximum atomic E-state index is 13.1. The topological polar surface area (TPSA) is 64.3 Å². The molecule has 0 saturated carbocycles. The van der Waals surface area contributed by atoms with Gasteiger partial charge in [0.05, 0.1) is 18.4 Å². The summed E-state index contributed by atoms with van der Waals surface area (Å²) in [6.45, 7) is 0.859. The quantitative estimate of drug-likeness (QED) is 0.878. The second-order valence-electron chi connectivity index (χ2n) is 3.63. The number of aromatic nitrogens is 2. The van der Waals surface area contributed by atoms with Crippen molar-refractivity contribution >= 4 is 5.97 Å². The molecule has 0 saturated heterocycles. The van der Waals surface area contributed by atoms with Crippen molar-refractivity contribution in [3.63, 3.8) is 0 Å². The molecule has 0 amide bonds. The summed E-state index contributed by atoms with van der Waals surface area (Å²) in [4.78, 5) is 14.6. The Balaban J connectivity index is 1.98. The van der Waals surface area contributed by atoms with Gasteiger partial charge in [-0.2, -0.15) is 0 Å². The molecule has 1 heterocycles. The van der Waals surface area contributed by atoms with Gasteiger partial charge in [-0.3, -0.25) is 0 Å². The molecule has 0 aliphatic rings. The molecule has 0 radical (unpaired) electrons. The Hall–Kier alpha value is -2.37. The van der Waals surface area contributed by atoms with Gasteiger partial charge in [0.1, 0.15) is 18.2 Å².